The summed E-state index contributed by atoms with van der Waals surface area (Å²) in [7, 11) is 0. The van der Waals surface area contributed by atoms with Crippen LogP contribution in [-0.4, -0.2) is 73.0 Å². The molecule has 2 saturated heterocycles. The molecule has 0 aliphatic carbocycles. The van der Waals surface area contributed by atoms with Gasteiger partial charge in [0.1, 0.15) is 12.1 Å². The topological polar surface area (TPSA) is 117 Å². The lowest BCUT2D eigenvalue weighted by molar-refractivity contribution is -0.141. The summed E-state index contributed by atoms with van der Waals surface area (Å²) >= 11 is 0. The van der Waals surface area contributed by atoms with Crippen molar-refractivity contribution >= 4 is 23.6 Å². The molecule has 0 bridgehead atoms. The molecule has 1 spiro atoms. The fourth-order valence-corrected chi connectivity index (χ4v) is 6.11. The number of likely N-dealkylation sites (tertiary alicyclic amines) is 1. The standard InChI is InChI=1S/C31H44N4O5/c1-21(2)27(32-22(3)36)29(38)35-16-12-25-24(20-35)11-7-8-13-31(14-17-40-18-15-31)30(39)34-26(28(37)33-25)19-23-9-5-4-6-10-23/h4-10,21,24-27H,11-20H2,1-3H3,(H,32,36)(H,33,37)(H,34,39)/b8-7+/t24-,25+,26+,27-/m0/s1. The second kappa shape index (κ2) is 13.4. The van der Waals surface area contributed by atoms with Gasteiger partial charge in [-0.05, 0) is 43.6 Å². The second-order valence-electron chi connectivity index (χ2n) is 11.9. The lowest BCUT2D eigenvalue weighted by atomic mass is 9.75. The molecular formula is C31H44N4O5. The molecule has 0 aromatic heterocycles. The summed E-state index contributed by atoms with van der Waals surface area (Å²) < 4.78 is 5.58. The van der Waals surface area contributed by atoms with Crippen LogP contribution in [0.1, 0.15) is 58.4 Å². The normalized spacial score (nSPS) is 26.9. The van der Waals surface area contributed by atoms with E-state index in [1.165, 1.54) is 6.92 Å². The Balaban J connectivity index is 1.58. The van der Waals surface area contributed by atoms with E-state index in [4.69, 9.17) is 4.74 Å². The van der Waals surface area contributed by atoms with Crippen LogP contribution in [0.4, 0.5) is 0 Å². The first-order chi connectivity index (χ1) is 19.2. The van der Waals surface area contributed by atoms with Crippen molar-refractivity contribution in [1.82, 2.24) is 20.9 Å². The van der Waals surface area contributed by atoms with Gasteiger partial charge in [-0.2, -0.15) is 0 Å². The summed E-state index contributed by atoms with van der Waals surface area (Å²) in [4.78, 5) is 54.5. The summed E-state index contributed by atoms with van der Waals surface area (Å²) in [5.74, 6) is -0.620. The Morgan fingerprint density at radius 3 is 2.50 bits per heavy atom. The van der Waals surface area contributed by atoms with Crippen molar-refractivity contribution in [3.63, 3.8) is 0 Å². The Morgan fingerprint density at radius 1 is 1.10 bits per heavy atom. The minimum absolute atomic E-state index is 0.0150. The molecule has 0 saturated carbocycles. The number of amides is 4. The minimum atomic E-state index is -0.705. The van der Waals surface area contributed by atoms with E-state index in [-0.39, 0.29) is 41.5 Å². The number of hydrogen-bond acceptors (Lipinski definition) is 5. The maximum atomic E-state index is 13.7. The highest BCUT2D eigenvalue weighted by molar-refractivity contribution is 5.91. The first-order valence-corrected chi connectivity index (χ1v) is 14.6. The Hall–Kier alpha value is -3.20. The highest BCUT2D eigenvalue weighted by atomic mass is 16.5. The van der Waals surface area contributed by atoms with Gasteiger partial charge in [-0.1, -0.05) is 56.3 Å². The average molecular weight is 553 g/mol. The molecule has 4 rings (SSSR count). The molecule has 3 aliphatic rings. The maximum Gasteiger partial charge on any atom is 0.245 e. The molecule has 9 heteroatoms. The lowest BCUT2D eigenvalue weighted by Crippen LogP contribution is -2.60. The molecular weight excluding hydrogens is 508 g/mol. The predicted octanol–water partition coefficient (Wildman–Crippen LogP) is 2.35. The SMILES string of the molecule is CC(=O)N[C@H](C(=O)N1CC[C@H]2NC(=O)[C@@H](Cc3ccccc3)NC(=O)C3(C/C=C/C[C@H]2C1)CCOCC3)C(C)C. The molecule has 4 atom stereocenters. The first kappa shape index (κ1) is 29.8. The molecule has 2 fully saturated rings. The van der Waals surface area contributed by atoms with Crippen LogP contribution in [0.5, 0.6) is 0 Å². The Morgan fingerprint density at radius 2 is 1.82 bits per heavy atom. The Bertz CT molecular complexity index is 1080. The molecule has 0 unspecified atom stereocenters. The highest BCUT2D eigenvalue weighted by Crippen LogP contribution is 2.36. The Kier molecular flexibility index (Phi) is 10.0. The summed E-state index contributed by atoms with van der Waals surface area (Å²) in [6.45, 7) is 7.30. The minimum Gasteiger partial charge on any atom is -0.381 e. The van der Waals surface area contributed by atoms with Gasteiger partial charge in [0.15, 0.2) is 0 Å². The van der Waals surface area contributed by atoms with Gasteiger partial charge in [-0.25, -0.2) is 0 Å². The van der Waals surface area contributed by atoms with Crippen molar-refractivity contribution in [3.8, 4) is 0 Å². The number of hydrogen-bond donors (Lipinski definition) is 3. The third-order valence-electron chi connectivity index (χ3n) is 8.61. The van der Waals surface area contributed by atoms with Gasteiger partial charge in [0.2, 0.25) is 23.6 Å². The van der Waals surface area contributed by atoms with Gasteiger partial charge in [-0.15, -0.1) is 0 Å². The average Bonchev–Trinajstić information content (AvgIpc) is 2.94. The molecule has 3 N–H and O–H groups in total. The number of benzene rings is 1. The number of fused-ring (bicyclic) bond motifs is 1. The zero-order valence-electron chi connectivity index (χ0n) is 24.0. The molecule has 40 heavy (non-hydrogen) atoms. The van der Waals surface area contributed by atoms with E-state index in [1.54, 1.807) is 0 Å². The van der Waals surface area contributed by atoms with Crippen LogP contribution in [-0.2, 0) is 30.3 Å². The summed E-state index contributed by atoms with van der Waals surface area (Å²) in [5, 5.41) is 9.17. The Labute approximate surface area is 237 Å². The fourth-order valence-electron chi connectivity index (χ4n) is 6.11. The number of rotatable bonds is 5. The van der Waals surface area contributed by atoms with Gasteiger partial charge in [0.05, 0.1) is 5.41 Å². The second-order valence-corrected chi connectivity index (χ2v) is 11.9. The van der Waals surface area contributed by atoms with Crippen molar-refractivity contribution in [2.45, 2.75) is 77.4 Å². The van der Waals surface area contributed by atoms with Crippen LogP contribution in [0.3, 0.4) is 0 Å². The molecule has 3 aliphatic heterocycles. The number of ether oxygens (including phenoxy) is 1. The highest BCUT2D eigenvalue weighted by Gasteiger charge is 2.42. The van der Waals surface area contributed by atoms with E-state index in [1.807, 2.05) is 49.1 Å². The van der Waals surface area contributed by atoms with Gasteiger partial charge >= 0.3 is 0 Å². The van der Waals surface area contributed by atoms with Gasteiger partial charge in [-0.3, -0.25) is 19.2 Å². The number of carbonyl (C=O) groups is 4. The van der Waals surface area contributed by atoms with Gasteiger partial charge in [0.25, 0.3) is 0 Å². The number of carbonyl (C=O) groups excluding carboxylic acids is 4. The quantitative estimate of drug-likeness (QED) is 0.485. The van der Waals surface area contributed by atoms with Gasteiger partial charge in [0, 0.05) is 51.6 Å². The molecule has 1 aromatic carbocycles. The largest absolute Gasteiger partial charge is 0.381 e. The van der Waals surface area contributed by atoms with Crippen molar-refractivity contribution in [1.29, 1.82) is 0 Å². The number of allylic oxidation sites excluding steroid dienone is 2. The molecule has 1 aromatic rings. The van der Waals surface area contributed by atoms with E-state index in [0.717, 1.165) is 5.56 Å². The van der Waals surface area contributed by atoms with E-state index in [2.05, 4.69) is 28.1 Å². The van der Waals surface area contributed by atoms with Crippen molar-refractivity contribution in [2.24, 2.45) is 17.3 Å². The third kappa shape index (κ3) is 7.30. The van der Waals surface area contributed by atoms with Crippen molar-refractivity contribution in [3.05, 3.63) is 48.0 Å². The van der Waals surface area contributed by atoms with E-state index < -0.39 is 17.5 Å². The zero-order valence-corrected chi connectivity index (χ0v) is 24.0. The van der Waals surface area contributed by atoms with Crippen LogP contribution in [0.25, 0.3) is 0 Å². The van der Waals surface area contributed by atoms with Crippen LogP contribution in [0.15, 0.2) is 42.5 Å². The first-order valence-electron chi connectivity index (χ1n) is 14.6. The number of nitrogens with zero attached hydrogens (tertiary/aromatic N) is 1. The van der Waals surface area contributed by atoms with Crippen LogP contribution in [0.2, 0.25) is 0 Å². The van der Waals surface area contributed by atoms with Crippen LogP contribution >= 0.6 is 0 Å². The van der Waals surface area contributed by atoms with Crippen molar-refractivity contribution in [2.75, 3.05) is 26.3 Å². The smallest absolute Gasteiger partial charge is 0.245 e. The molecule has 4 amide bonds. The number of piperidine rings is 1. The lowest BCUT2D eigenvalue weighted by Gasteiger charge is -2.41. The summed E-state index contributed by atoms with van der Waals surface area (Å²) in [6, 6.07) is 8.32. The summed E-state index contributed by atoms with van der Waals surface area (Å²) in [5.41, 5.74) is 0.366. The number of nitrogens with one attached hydrogen (secondary N) is 3. The van der Waals surface area contributed by atoms with E-state index >= 15 is 0 Å². The molecule has 9 nitrogen and oxygen atoms in total. The molecule has 0 radical (unpaired) electrons. The maximum absolute atomic E-state index is 13.7. The zero-order chi connectivity index (χ0) is 28.7. The monoisotopic (exact) mass is 552 g/mol. The summed E-state index contributed by atoms with van der Waals surface area (Å²) in [6.07, 6.45) is 7.67. The predicted molar refractivity (Wildman–Crippen MR) is 152 cm³/mol. The van der Waals surface area contributed by atoms with E-state index in [9.17, 15) is 19.2 Å². The van der Waals surface area contributed by atoms with Crippen LogP contribution < -0.4 is 16.0 Å². The van der Waals surface area contributed by atoms with Crippen LogP contribution in [0, 0.1) is 17.3 Å². The fraction of sp³-hybridized carbons (Fsp3) is 0.613. The molecule has 218 valence electrons. The van der Waals surface area contributed by atoms with Gasteiger partial charge < -0.3 is 25.6 Å². The van der Waals surface area contributed by atoms with Crippen molar-refractivity contribution < 1.29 is 23.9 Å². The molecule has 3 heterocycles. The van der Waals surface area contributed by atoms with E-state index in [0.29, 0.717) is 64.8 Å². The third-order valence-corrected chi connectivity index (χ3v) is 8.61.